The van der Waals surface area contributed by atoms with Gasteiger partial charge in [-0.25, -0.2) is 4.98 Å². The van der Waals surface area contributed by atoms with Gasteiger partial charge >= 0.3 is 0 Å². The number of likely N-dealkylation sites (tertiary alicyclic amines) is 1. The van der Waals surface area contributed by atoms with Gasteiger partial charge < -0.3 is 9.09 Å². The fourth-order valence-corrected chi connectivity index (χ4v) is 3.95. The third-order valence-corrected chi connectivity index (χ3v) is 5.10. The van der Waals surface area contributed by atoms with Crippen LogP contribution < -0.4 is 0 Å². The topological polar surface area (TPSA) is 63.2 Å². The van der Waals surface area contributed by atoms with Crippen LogP contribution in [0.5, 0.6) is 0 Å². The van der Waals surface area contributed by atoms with Crippen molar-refractivity contribution in [2.24, 2.45) is 13.0 Å². The number of rotatable bonds is 7. The standard InChI is InChI=1S/C18H30N6O/c1-5-7-17-20-16(21-25-17)12-22(2)11-14-8-6-9-23(3)18(14)15-10-19-13-24(15)4/h10,13-14,18H,5-9,11-12H2,1-4H3/t14-,18+/m0/s1. The fourth-order valence-electron chi connectivity index (χ4n) is 3.95. The molecule has 1 fully saturated rings. The second kappa shape index (κ2) is 8.10. The molecule has 3 rings (SSSR count). The highest BCUT2D eigenvalue weighted by Gasteiger charge is 2.33. The van der Waals surface area contributed by atoms with E-state index < -0.39 is 0 Å². The summed E-state index contributed by atoms with van der Waals surface area (Å²) in [6.45, 7) is 5.00. The average Bonchev–Trinajstić information content (AvgIpc) is 3.17. The highest BCUT2D eigenvalue weighted by Crippen LogP contribution is 2.35. The van der Waals surface area contributed by atoms with E-state index in [0.717, 1.165) is 44.2 Å². The SMILES string of the molecule is CCCc1nc(CN(C)C[C@@H]2CCCN(C)[C@H]2c2cncn2C)no1. The molecule has 0 unspecified atom stereocenters. The summed E-state index contributed by atoms with van der Waals surface area (Å²) in [6.07, 6.45) is 8.26. The molecule has 138 valence electrons. The van der Waals surface area contributed by atoms with Crippen LogP contribution in [-0.4, -0.2) is 56.7 Å². The van der Waals surface area contributed by atoms with E-state index in [0.29, 0.717) is 12.0 Å². The zero-order valence-corrected chi connectivity index (χ0v) is 15.9. The quantitative estimate of drug-likeness (QED) is 0.766. The molecule has 2 aromatic rings. The summed E-state index contributed by atoms with van der Waals surface area (Å²) in [5, 5.41) is 4.11. The van der Waals surface area contributed by atoms with Crippen LogP contribution in [0.2, 0.25) is 0 Å². The number of hydrogen-bond donors (Lipinski definition) is 0. The molecule has 0 bridgehead atoms. The third-order valence-electron chi connectivity index (χ3n) is 5.10. The van der Waals surface area contributed by atoms with Crippen LogP contribution in [0.1, 0.15) is 49.6 Å². The van der Waals surface area contributed by atoms with Gasteiger partial charge in [-0.1, -0.05) is 12.1 Å². The molecule has 2 aromatic heterocycles. The Labute approximate surface area is 150 Å². The lowest BCUT2D eigenvalue weighted by Gasteiger charge is -2.40. The summed E-state index contributed by atoms with van der Waals surface area (Å²) in [5.74, 6) is 2.10. The fraction of sp³-hybridized carbons (Fsp3) is 0.722. The van der Waals surface area contributed by atoms with Crippen molar-refractivity contribution >= 4 is 0 Å². The number of imidazole rings is 1. The van der Waals surface area contributed by atoms with E-state index in [1.54, 1.807) is 0 Å². The van der Waals surface area contributed by atoms with Crippen molar-refractivity contribution in [3.05, 3.63) is 29.9 Å². The smallest absolute Gasteiger partial charge is 0.226 e. The number of nitrogens with zero attached hydrogens (tertiary/aromatic N) is 6. The van der Waals surface area contributed by atoms with Gasteiger partial charge in [0.2, 0.25) is 5.89 Å². The molecule has 1 aliphatic rings. The Morgan fingerprint density at radius 1 is 1.36 bits per heavy atom. The number of aryl methyl sites for hydroxylation is 2. The first kappa shape index (κ1) is 18.1. The summed E-state index contributed by atoms with van der Waals surface area (Å²) in [5.41, 5.74) is 1.30. The predicted molar refractivity (Wildman–Crippen MR) is 95.9 cm³/mol. The Hall–Kier alpha value is -1.73. The zero-order valence-electron chi connectivity index (χ0n) is 15.9. The van der Waals surface area contributed by atoms with Crippen LogP contribution in [0.3, 0.4) is 0 Å². The van der Waals surface area contributed by atoms with Crippen molar-refractivity contribution < 1.29 is 4.52 Å². The zero-order chi connectivity index (χ0) is 17.8. The Balaban J connectivity index is 1.65. The molecule has 3 heterocycles. The van der Waals surface area contributed by atoms with E-state index in [-0.39, 0.29) is 0 Å². The van der Waals surface area contributed by atoms with Crippen molar-refractivity contribution in [2.45, 2.75) is 45.2 Å². The lowest BCUT2D eigenvalue weighted by molar-refractivity contribution is 0.0872. The van der Waals surface area contributed by atoms with Crippen LogP contribution in [0, 0.1) is 5.92 Å². The molecule has 1 aliphatic heterocycles. The molecule has 2 atom stereocenters. The van der Waals surface area contributed by atoms with Gasteiger partial charge in [0, 0.05) is 26.2 Å². The van der Waals surface area contributed by atoms with Crippen LogP contribution in [0.15, 0.2) is 17.0 Å². The van der Waals surface area contributed by atoms with Gasteiger partial charge in [0.1, 0.15) is 0 Å². The molecular formula is C18H30N6O. The van der Waals surface area contributed by atoms with E-state index in [1.807, 2.05) is 12.5 Å². The molecule has 7 nitrogen and oxygen atoms in total. The van der Waals surface area contributed by atoms with E-state index in [2.05, 4.69) is 57.6 Å². The number of piperidine rings is 1. The summed E-state index contributed by atoms with van der Waals surface area (Å²) in [6, 6.07) is 0.407. The molecule has 0 aromatic carbocycles. The van der Waals surface area contributed by atoms with E-state index in [9.17, 15) is 0 Å². The predicted octanol–water partition coefficient (Wildman–Crippen LogP) is 2.27. The summed E-state index contributed by atoms with van der Waals surface area (Å²) >= 11 is 0. The molecule has 25 heavy (non-hydrogen) atoms. The Kier molecular flexibility index (Phi) is 5.86. The average molecular weight is 346 g/mol. The van der Waals surface area contributed by atoms with Crippen LogP contribution in [0.25, 0.3) is 0 Å². The van der Waals surface area contributed by atoms with Gasteiger partial charge in [-0.3, -0.25) is 9.80 Å². The van der Waals surface area contributed by atoms with Gasteiger partial charge in [-0.2, -0.15) is 4.98 Å². The minimum atomic E-state index is 0.407. The van der Waals surface area contributed by atoms with E-state index >= 15 is 0 Å². The molecule has 0 radical (unpaired) electrons. The molecule has 0 aliphatic carbocycles. The molecule has 0 amide bonds. The normalized spacial score (nSPS) is 22.0. The first-order valence-corrected chi connectivity index (χ1v) is 9.25. The molecule has 1 saturated heterocycles. The minimum Gasteiger partial charge on any atom is -0.339 e. The molecule has 0 spiro atoms. The highest BCUT2D eigenvalue weighted by atomic mass is 16.5. The first-order valence-electron chi connectivity index (χ1n) is 9.25. The largest absolute Gasteiger partial charge is 0.339 e. The Morgan fingerprint density at radius 2 is 2.20 bits per heavy atom. The molecule has 0 saturated carbocycles. The second-order valence-electron chi connectivity index (χ2n) is 7.31. The molecule has 0 N–H and O–H groups in total. The molecular weight excluding hydrogens is 316 g/mol. The lowest BCUT2D eigenvalue weighted by Crippen LogP contribution is -2.41. The van der Waals surface area contributed by atoms with Crippen molar-refractivity contribution in [3.63, 3.8) is 0 Å². The van der Waals surface area contributed by atoms with Crippen molar-refractivity contribution in [1.82, 2.24) is 29.5 Å². The highest BCUT2D eigenvalue weighted by molar-refractivity contribution is 5.08. The van der Waals surface area contributed by atoms with Crippen LogP contribution in [-0.2, 0) is 20.0 Å². The van der Waals surface area contributed by atoms with Gasteiger partial charge in [0.15, 0.2) is 5.82 Å². The Bertz CT molecular complexity index is 666. The maximum Gasteiger partial charge on any atom is 0.226 e. The van der Waals surface area contributed by atoms with Crippen LogP contribution >= 0.6 is 0 Å². The summed E-state index contributed by atoms with van der Waals surface area (Å²) in [7, 11) is 6.45. The van der Waals surface area contributed by atoms with E-state index in [1.165, 1.54) is 18.5 Å². The monoisotopic (exact) mass is 346 g/mol. The summed E-state index contributed by atoms with van der Waals surface area (Å²) in [4.78, 5) is 13.6. The number of hydrogen-bond acceptors (Lipinski definition) is 6. The molecule has 7 heteroatoms. The Morgan fingerprint density at radius 3 is 2.92 bits per heavy atom. The van der Waals surface area contributed by atoms with E-state index in [4.69, 9.17) is 4.52 Å². The maximum atomic E-state index is 5.30. The minimum absolute atomic E-state index is 0.407. The number of aromatic nitrogens is 4. The van der Waals surface area contributed by atoms with Gasteiger partial charge in [0.25, 0.3) is 0 Å². The van der Waals surface area contributed by atoms with Crippen molar-refractivity contribution in [1.29, 1.82) is 0 Å². The first-order chi connectivity index (χ1) is 12.1. The van der Waals surface area contributed by atoms with Gasteiger partial charge in [0.05, 0.1) is 24.6 Å². The third kappa shape index (κ3) is 4.27. The van der Waals surface area contributed by atoms with Gasteiger partial charge in [-0.15, -0.1) is 0 Å². The maximum absolute atomic E-state index is 5.30. The summed E-state index contributed by atoms with van der Waals surface area (Å²) < 4.78 is 7.45. The van der Waals surface area contributed by atoms with Crippen molar-refractivity contribution in [2.75, 3.05) is 27.2 Å². The second-order valence-corrected chi connectivity index (χ2v) is 7.31. The van der Waals surface area contributed by atoms with Crippen LogP contribution in [0.4, 0.5) is 0 Å². The lowest BCUT2D eigenvalue weighted by atomic mass is 9.87. The van der Waals surface area contributed by atoms with Gasteiger partial charge in [-0.05, 0) is 45.8 Å². The van der Waals surface area contributed by atoms with Crippen molar-refractivity contribution in [3.8, 4) is 0 Å².